The molecule has 2 amide bonds. The van der Waals surface area contributed by atoms with Gasteiger partial charge in [0.15, 0.2) is 0 Å². The largest absolute Gasteiger partial charge is 0.353 e. The fourth-order valence-corrected chi connectivity index (χ4v) is 5.99. The maximum Gasteiger partial charge on any atom is 0.223 e. The number of rotatable bonds is 6. The molecule has 0 aliphatic heterocycles. The monoisotopic (exact) mass is 402 g/mol. The molecule has 0 bridgehead atoms. The van der Waals surface area contributed by atoms with E-state index in [1.807, 2.05) is 0 Å². The number of amides is 2. The van der Waals surface area contributed by atoms with E-state index in [1.54, 1.807) is 0 Å². The highest BCUT2D eigenvalue weighted by molar-refractivity contribution is 5.83. The van der Waals surface area contributed by atoms with Crippen molar-refractivity contribution in [3.8, 4) is 0 Å². The van der Waals surface area contributed by atoms with E-state index in [0.29, 0.717) is 23.9 Å². The number of nitrogens with one attached hydrogen (secondary N) is 2. The topological polar surface area (TPSA) is 58.2 Å². The van der Waals surface area contributed by atoms with E-state index in [2.05, 4.69) is 38.3 Å². The summed E-state index contributed by atoms with van der Waals surface area (Å²) in [5.74, 6) is 2.78. The summed E-state index contributed by atoms with van der Waals surface area (Å²) in [6.45, 7) is 8.78. The van der Waals surface area contributed by atoms with Crippen molar-refractivity contribution in [1.29, 1.82) is 0 Å². The Balaban J connectivity index is 1.11. The number of carbonyl (C=O) groups is 2. The minimum atomic E-state index is 0.231. The van der Waals surface area contributed by atoms with Crippen LogP contribution in [0.1, 0.15) is 98.3 Å². The van der Waals surface area contributed by atoms with E-state index >= 15 is 0 Å². The van der Waals surface area contributed by atoms with Gasteiger partial charge < -0.3 is 10.6 Å². The Morgan fingerprint density at radius 3 is 1.24 bits per heavy atom. The normalized spacial score (nSPS) is 40.0. The fraction of sp³-hybridized carbons (Fsp3) is 0.920. The molecule has 0 spiro atoms. The van der Waals surface area contributed by atoms with Gasteiger partial charge in [-0.2, -0.15) is 0 Å². The summed E-state index contributed by atoms with van der Waals surface area (Å²) in [6, 6.07) is 0.820. The van der Waals surface area contributed by atoms with Crippen LogP contribution >= 0.6 is 0 Å². The van der Waals surface area contributed by atoms with Crippen molar-refractivity contribution in [3.63, 3.8) is 0 Å². The van der Waals surface area contributed by atoms with Crippen molar-refractivity contribution >= 4 is 11.8 Å². The molecular formula is C25H42N2O2. The van der Waals surface area contributed by atoms with Gasteiger partial charge in [-0.3, -0.25) is 9.59 Å². The van der Waals surface area contributed by atoms with Gasteiger partial charge in [0.2, 0.25) is 11.8 Å². The van der Waals surface area contributed by atoms with Gasteiger partial charge in [-0.1, -0.05) is 27.7 Å². The van der Waals surface area contributed by atoms with E-state index in [1.165, 1.54) is 32.1 Å². The van der Waals surface area contributed by atoms with E-state index in [9.17, 15) is 9.59 Å². The molecule has 4 nitrogen and oxygen atoms in total. The molecule has 0 saturated heterocycles. The minimum Gasteiger partial charge on any atom is -0.353 e. The third-order valence-corrected chi connectivity index (χ3v) is 8.71. The predicted octanol–water partition coefficient (Wildman–Crippen LogP) is 4.82. The van der Waals surface area contributed by atoms with E-state index in [0.717, 1.165) is 50.4 Å². The second kappa shape index (κ2) is 7.89. The third kappa shape index (κ3) is 5.17. The standard InChI is InChI=1S/C25H42N2O2/c1-24(2)14-20(24)22(28)26-18-9-5-16(6-10-18)13-17-7-11-19(12-8-17)27-23(29)21-15-25(21,3)4/h16-21H,5-15H2,1-4H3,(H,26,28)(H,27,29). The van der Waals surface area contributed by atoms with Gasteiger partial charge in [0.25, 0.3) is 0 Å². The van der Waals surface area contributed by atoms with Crippen LogP contribution in [0.5, 0.6) is 0 Å². The molecule has 4 heteroatoms. The molecule has 4 aliphatic rings. The Hall–Kier alpha value is -1.06. The number of carbonyl (C=O) groups excluding carboxylic acids is 2. The van der Waals surface area contributed by atoms with Crippen molar-refractivity contribution in [2.24, 2.45) is 34.5 Å². The first-order valence-corrected chi connectivity index (χ1v) is 12.2. The van der Waals surface area contributed by atoms with Crippen LogP contribution < -0.4 is 10.6 Å². The Labute approximate surface area is 177 Å². The van der Waals surface area contributed by atoms with Crippen LogP contribution in [0.2, 0.25) is 0 Å². The molecule has 0 aromatic carbocycles. The zero-order valence-electron chi connectivity index (χ0n) is 19.1. The van der Waals surface area contributed by atoms with Crippen molar-refractivity contribution in [2.75, 3.05) is 0 Å². The number of hydrogen-bond acceptors (Lipinski definition) is 2. The Bertz CT molecular complexity index is 571. The predicted molar refractivity (Wildman–Crippen MR) is 116 cm³/mol. The van der Waals surface area contributed by atoms with Gasteiger partial charge in [-0.05, 0) is 93.3 Å². The zero-order valence-corrected chi connectivity index (χ0v) is 19.1. The molecule has 0 aromatic heterocycles. The summed E-state index contributed by atoms with van der Waals surface area (Å²) in [6.07, 6.45) is 13.2. The molecule has 0 radical (unpaired) electrons. The van der Waals surface area contributed by atoms with Crippen molar-refractivity contribution in [2.45, 2.75) is 110 Å². The second-order valence-electron chi connectivity index (χ2n) is 12.2. The van der Waals surface area contributed by atoms with Crippen LogP contribution in [0.15, 0.2) is 0 Å². The van der Waals surface area contributed by atoms with E-state index < -0.39 is 0 Å². The molecule has 4 fully saturated rings. The first-order chi connectivity index (χ1) is 13.6. The molecule has 164 valence electrons. The molecule has 2 atom stereocenters. The highest BCUT2D eigenvalue weighted by Gasteiger charge is 2.51. The van der Waals surface area contributed by atoms with Gasteiger partial charge in [-0.15, -0.1) is 0 Å². The first-order valence-electron chi connectivity index (χ1n) is 12.2. The third-order valence-electron chi connectivity index (χ3n) is 8.71. The lowest BCUT2D eigenvalue weighted by atomic mass is 9.75. The molecule has 2 N–H and O–H groups in total. The SMILES string of the molecule is CC1(C)CC1C(=O)NC1CCC(CC2CCC(NC(=O)C3CC3(C)C)CC2)CC1. The van der Waals surface area contributed by atoms with Crippen LogP contribution in [-0.4, -0.2) is 23.9 Å². The lowest BCUT2D eigenvalue weighted by Crippen LogP contribution is -2.40. The molecule has 4 rings (SSSR count). The van der Waals surface area contributed by atoms with Gasteiger partial charge in [0.1, 0.15) is 0 Å². The van der Waals surface area contributed by atoms with Crippen molar-refractivity contribution in [3.05, 3.63) is 0 Å². The van der Waals surface area contributed by atoms with Gasteiger partial charge >= 0.3 is 0 Å². The van der Waals surface area contributed by atoms with Crippen LogP contribution in [0, 0.1) is 34.5 Å². The highest BCUT2D eigenvalue weighted by atomic mass is 16.2. The molecule has 0 aromatic rings. The summed E-state index contributed by atoms with van der Waals surface area (Å²) in [4.78, 5) is 24.7. The molecular weight excluding hydrogens is 360 g/mol. The maximum absolute atomic E-state index is 12.3. The summed E-state index contributed by atoms with van der Waals surface area (Å²) in [5.41, 5.74) is 0.461. The quantitative estimate of drug-likeness (QED) is 0.669. The summed E-state index contributed by atoms with van der Waals surface area (Å²) in [7, 11) is 0. The molecule has 0 heterocycles. The summed E-state index contributed by atoms with van der Waals surface area (Å²) >= 11 is 0. The summed E-state index contributed by atoms with van der Waals surface area (Å²) < 4.78 is 0. The smallest absolute Gasteiger partial charge is 0.223 e. The lowest BCUT2D eigenvalue weighted by molar-refractivity contribution is -0.124. The Kier molecular flexibility index (Phi) is 5.76. The molecule has 29 heavy (non-hydrogen) atoms. The van der Waals surface area contributed by atoms with E-state index in [4.69, 9.17) is 0 Å². The van der Waals surface area contributed by atoms with Crippen LogP contribution in [0.4, 0.5) is 0 Å². The first kappa shape index (κ1) is 21.2. The second-order valence-corrected chi connectivity index (χ2v) is 12.2. The van der Waals surface area contributed by atoms with Gasteiger partial charge in [0, 0.05) is 23.9 Å². The Morgan fingerprint density at radius 2 is 0.966 bits per heavy atom. The van der Waals surface area contributed by atoms with Crippen LogP contribution in [0.25, 0.3) is 0 Å². The molecule has 4 saturated carbocycles. The fourth-order valence-electron chi connectivity index (χ4n) is 5.99. The minimum absolute atomic E-state index is 0.231. The molecule has 2 unspecified atom stereocenters. The number of hydrogen-bond donors (Lipinski definition) is 2. The Morgan fingerprint density at radius 1 is 0.655 bits per heavy atom. The lowest BCUT2D eigenvalue weighted by Gasteiger charge is -2.34. The average Bonchev–Trinajstić information content (AvgIpc) is 3.52. The summed E-state index contributed by atoms with van der Waals surface area (Å²) in [5, 5.41) is 6.65. The van der Waals surface area contributed by atoms with Crippen LogP contribution in [0.3, 0.4) is 0 Å². The zero-order chi connectivity index (χ0) is 20.8. The average molecular weight is 403 g/mol. The maximum atomic E-state index is 12.3. The van der Waals surface area contributed by atoms with Gasteiger partial charge in [-0.25, -0.2) is 0 Å². The van der Waals surface area contributed by atoms with Crippen molar-refractivity contribution < 1.29 is 9.59 Å². The van der Waals surface area contributed by atoms with E-state index in [-0.39, 0.29) is 22.7 Å². The van der Waals surface area contributed by atoms with Crippen molar-refractivity contribution in [1.82, 2.24) is 10.6 Å². The molecule has 4 aliphatic carbocycles. The highest BCUT2D eigenvalue weighted by Crippen LogP contribution is 2.52. The van der Waals surface area contributed by atoms with Crippen LogP contribution in [-0.2, 0) is 9.59 Å². The van der Waals surface area contributed by atoms with Gasteiger partial charge in [0.05, 0.1) is 0 Å².